The van der Waals surface area contributed by atoms with Crippen LogP contribution in [0, 0.1) is 0 Å². The maximum absolute atomic E-state index is 13.0. The minimum absolute atomic E-state index is 0.0259. The summed E-state index contributed by atoms with van der Waals surface area (Å²) in [6, 6.07) is 18.5. The molecule has 0 unspecified atom stereocenters. The molecule has 2 aromatic carbocycles. The summed E-state index contributed by atoms with van der Waals surface area (Å²) < 4.78 is 1.42. The molecule has 0 spiro atoms. The standard InChI is InChI=1S/C26H30N4O2/c1-19(2)22-10-8-20(9-11-22)14-27-25(31)17-30-18-28-24-12-13-29(16-23(24)26(30)32)15-21-6-4-3-5-7-21/h3-11,18-19H,12-17H2,1-2H3,(H,27,31). The van der Waals surface area contributed by atoms with Gasteiger partial charge < -0.3 is 5.32 Å². The minimum Gasteiger partial charge on any atom is -0.350 e. The number of carbonyl (C=O) groups is 1. The van der Waals surface area contributed by atoms with Crippen LogP contribution < -0.4 is 10.9 Å². The summed E-state index contributed by atoms with van der Waals surface area (Å²) in [6.45, 7) is 6.95. The average molecular weight is 431 g/mol. The number of nitrogens with one attached hydrogen (secondary N) is 1. The van der Waals surface area contributed by atoms with E-state index in [0.29, 0.717) is 24.6 Å². The molecule has 1 aromatic heterocycles. The van der Waals surface area contributed by atoms with Crippen molar-refractivity contribution in [2.45, 2.75) is 52.4 Å². The van der Waals surface area contributed by atoms with E-state index in [4.69, 9.17) is 0 Å². The van der Waals surface area contributed by atoms with Crippen LogP contribution >= 0.6 is 0 Å². The van der Waals surface area contributed by atoms with E-state index in [2.05, 4.69) is 53.3 Å². The number of amides is 1. The Kier molecular flexibility index (Phi) is 6.81. The third kappa shape index (κ3) is 5.32. The number of benzene rings is 2. The van der Waals surface area contributed by atoms with Crippen molar-refractivity contribution < 1.29 is 4.79 Å². The van der Waals surface area contributed by atoms with Gasteiger partial charge in [0.05, 0.1) is 17.6 Å². The van der Waals surface area contributed by atoms with Crippen molar-refractivity contribution in [1.82, 2.24) is 19.8 Å². The molecule has 0 atom stereocenters. The van der Waals surface area contributed by atoms with Gasteiger partial charge in [0.15, 0.2) is 0 Å². The van der Waals surface area contributed by atoms with Crippen LogP contribution in [0.25, 0.3) is 0 Å². The minimum atomic E-state index is -0.196. The highest BCUT2D eigenvalue weighted by Gasteiger charge is 2.22. The summed E-state index contributed by atoms with van der Waals surface area (Å²) in [4.78, 5) is 32.2. The van der Waals surface area contributed by atoms with Crippen LogP contribution in [-0.2, 0) is 37.4 Å². The molecule has 6 heteroatoms. The van der Waals surface area contributed by atoms with Crippen LogP contribution in [0.3, 0.4) is 0 Å². The second-order valence-corrected chi connectivity index (χ2v) is 8.72. The SMILES string of the molecule is CC(C)c1ccc(CNC(=O)Cn2cnc3c(c2=O)CN(Cc2ccccc2)CC3)cc1. The molecule has 32 heavy (non-hydrogen) atoms. The van der Waals surface area contributed by atoms with Gasteiger partial charge in [-0.25, -0.2) is 4.98 Å². The maximum Gasteiger partial charge on any atom is 0.258 e. The summed E-state index contributed by atoms with van der Waals surface area (Å²) in [7, 11) is 0. The fourth-order valence-electron chi connectivity index (χ4n) is 4.03. The van der Waals surface area contributed by atoms with Crippen LogP contribution in [0.5, 0.6) is 0 Å². The molecule has 0 saturated heterocycles. The third-order valence-electron chi connectivity index (χ3n) is 5.97. The summed E-state index contributed by atoms with van der Waals surface area (Å²) in [5, 5.41) is 2.91. The van der Waals surface area contributed by atoms with Gasteiger partial charge in [0.25, 0.3) is 5.56 Å². The lowest BCUT2D eigenvalue weighted by Crippen LogP contribution is -2.39. The third-order valence-corrected chi connectivity index (χ3v) is 5.97. The molecule has 166 valence electrons. The zero-order chi connectivity index (χ0) is 22.5. The van der Waals surface area contributed by atoms with Crippen molar-refractivity contribution in [3.8, 4) is 0 Å². The molecule has 0 bridgehead atoms. The number of nitrogens with zero attached hydrogens (tertiary/aromatic N) is 3. The maximum atomic E-state index is 13.0. The van der Waals surface area contributed by atoms with Crippen LogP contribution in [0.1, 0.15) is 47.7 Å². The number of hydrogen-bond donors (Lipinski definition) is 1. The largest absolute Gasteiger partial charge is 0.350 e. The Labute approximate surface area is 188 Å². The molecule has 1 aliphatic rings. The van der Waals surface area contributed by atoms with E-state index in [0.717, 1.165) is 30.8 Å². The van der Waals surface area contributed by atoms with Gasteiger partial charge in [0.2, 0.25) is 5.91 Å². The molecule has 4 rings (SSSR count). The quantitative estimate of drug-likeness (QED) is 0.625. The fourth-order valence-corrected chi connectivity index (χ4v) is 4.03. The number of rotatable bonds is 7. The first-order valence-corrected chi connectivity index (χ1v) is 11.2. The monoisotopic (exact) mass is 430 g/mol. The predicted octanol–water partition coefficient (Wildman–Crippen LogP) is 3.24. The summed E-state index contributed by atoms with van der Waals surface area (Å²) in [6.07, 6.45) is 2.25. The molecule has 0 radical (unpaired) electrons. The number of fused-ring (bicyclic) bond motifs is 1. The molecule has 0 saturated carbocycles. The first-order chi connectivity index (χ1) is 15.5. The average Bonchev–Trinajstić information content (AvgIpc) is 2.81. The predicted molar refractivity (Wildman–Crippen MR) is 125 cm³/mol. The van der Waals surface area contributed by atoms with Gasteiger partial charge in [0.1, 0.15) is 6.54 Å². The highest BCUT2D eigenvalue weighted by atomic mass is 16.2. The highest BCUT2D eigenvalue weighted by Crippen LogP contribution is 2.16. The van der Waals surface area contributed by atoms with Gasteiger partial charge >= 0.3 is 0 Å². The smallest absolute Gasteiger partial charge is 0.258 e. The van der Waals surface area contributed by atoms with Gasteiger partial charge in [-0.3, -0.25) is 19.1 Å². The Morgan fingerprint density at radius 3 is 2.53 bits per heavy atom. The van der Waals surface area contributed by atoms with E-state index in [9.17, 15) is 9.59 Å². The number of aromatic nitrogens is 2. The van der Waals surface area contributed by atoms with Crippen molar-refractivity contribution in [3.05, 3.63) is 99.2 Å². The first-order valence-electron chi connectivity index (χ1n) is 11.2. The molecular weight excluding hydrogens is 400 g/mol. The van der Waals surface area contributed by atoms with Crippen LogP contribution in [0.15, 0.2) is 65.7 Å². The van der Waals surface area contributed by atoms with Crippen LogP contribution in [0.4, 0.5) is 0 Å². The second-order valence-electron chi connectivity index (χ2n) is 8.72. The zero-order valence-corrected chi connectivity index (χ0v) is 18.8. The Bertz CT molecular complexity index is 1120. The normalized spacial score (nSPS) is 13.7. The molecular formula is C26H30N4O2. The van der Waals surface area contributed by atoms with Crippen LogP contribution in [0.2, 0.25) is 0 Å². The lowest BCUT2D eigenvalue weighted by Gasteiger charge is -2.28. The van der Waals surface area contributed by atoms with Gasteiger partial charge in [-0.2, -0.15) is 0 Å². The topological polar surface area (TPSA) is 67.2 Å². The summed E-state index contributed by atoms with van der Waals surface area (Å²) in [5.74, 6) is 0.282. The first kappa shape index (κ1) is 22.0. The summed E-state index contributed by atoms with van der Waals surface area (Å²) in [5.41, 5.74) is 4.96. The number of carbonyl (C=O) groups excluding carboxylic acids is 1. The molecule has 0 aliphatic carbocycles. The van der Waals surface area contributed by atoms with Gasteiger partial charge in [-0.1, -0.05) is 68.4 Å². The number of hydrogen-bond acceptors (Lipinski definition) is 4. The van der Waals surface area contributed by atoms with E-state index < -0.39 is 0 Å². The molecule has 6 nitrogen and oxygen atoms in total. The van der Waals surface area contributed by atoms with Gasteiger partial charge in [-0.15, -0.1) is 0 Å². The molecule has 1 aliphatic heterocycles. The van der Waals surface area contributed by atoms with Gasteiger partial charge in [-0.05, 0) is 22.6 Å². The molecule has 1 amide bonds. The fraction of sp³-hybridized carbons (Fsp3) is 0.346. The van der Waals surface area contributed by atoms with E-state index in [1.54, 1.807) is 0 Å². The highest BCUT2D eigenvalue weighted by molar-refractivity contribution is 5.75. The zero-order valence-electron chi connectivity index (χ0n) is 18.8. The van der Waals surface area contributed by atoms with Gasteiger partial charge in [0, 0.05) is 32.6 Å². The van der Waals surface area contributed by atoms with E-state index >= 15 is 0 Å². The lowest BCUT2D eigenvalue weighted by molar-refractivity contribution is -0.121. The second kappa shape index (κ2) is 9.92. The van der Waals surface area contributed by atoms with Crippen molar-refractivity contribution >= 4 is 5.91 Å². The molecule has 1 N–H and O–H groups in total. The molecule has 2 heterocycles. The van der Waals surface area contributed by atoms with E-state index in [1.165, 1.54) is 22.0 Å². The summed E-state index contributed by atoms with van der Waals surface area (Å²) >= 11 is 0. The van der Waals surface area contributed by atoms with Crippen molar-refractivity contribution in [3.63, 3.8) is 0 Å². The van der Waals surface area contributed by atoms with E-state index in [-0.39, 0.29) is 18.0 Å². The van der Waals surface area contributed by atoms with E-state index in [1.807, 2.05) is 30.3 Å². The Morgan fingerprint density at radius 2 is 1.81 bits per heavy atom. The Hall–Kier alpha value is -3.25. The lowest BCUT2D eigenvalue weighted by atomic mass is 10.0. The molecule has 0 fully saturated rings. The van der Waals surface area contributed by atoms with Crippen molar-refractivity contribution in [1.29, 1.82) is 0 Å². The Balaban J connectivity index is 1.38. The Morgan fingerprint density at radius 1 is 1.06 bits per heavy atom. The molecule has 3 aromatic rings. The van der Waals surface area contributed by atoms with Crippen molar-refractivity contribution in [2.24, 2.45) is 0 Å². The van der Waals surface area contributed by atoms with Crippen molar-refractivity contribution in [2.75, 3.05) is 6.54 Å². The van der Waals surface area contributed by atoms with Crippen LogP contribution in [-0.4, -0.2) is 26.9 Å².